The van der Waals surface area contributed by atoms with Gasteiger partial charge in [-0.25, -0.2) is 4.98 Å². The third-order valence-corrected chi connectivity index (χ3v) is 5.92. The summed E-state index contributed by atoms with van der Waals surface area (Å²) >= 11 is 7.28. The van der Waals surface area contributed by atoms with Crippen LogP contribution in [0.15, 0.2) is 65.7 Å². The van der Waals surface area contributed by atoms with Crippen LogP contribution in [-0.2, 0) is 6.54 Å². The van der Waals surface area contributed by atoms with Gasteiger partial charge in [0.25, 0.3) is 5.56 Å². The number of thiophene rings is 1. The van der Waals surface area contributed by atoms with Crippen LogP contribution in [-0.4, -0.2) is 21.8 Å². The predicted octanol–water partition coefficient (Wildman–Crippen LogP) is 4.52. The van der Waals surface area contributed by atoms with Gasteiger partial charge in [0.05, 0.1) is 31.6 Å². The highest BCUT2D eigenvalue weighted by Gasteiger charge is 2.14. The average Bonchev–Trinajstić information content (AvgIpc) is 3.16. The van der Waals surface area contributed by atoms with Crippen molar-refractivity contribution in [1.29, 1.82) is 0 Å². The van der Waals surface area contributed by atoms with Crippen LogP contribution >= 0.6 is 22.9 Å². The molecular formula is C21H17ClN2O3S. The number of ether oxygens (including phenoxy) is 1. The van der Waals surface area contributed by atoms with E-state index >= 15 is 0 Å². The van der Waals surface area contributed by atoms with E-state index in [0.29, 0.717) is 20.8 Å². The number of fused-ring (bicyclic) bond motifs is 1. The highest BCUT2D eigenvalue weighted by Crippen LogP contribution is 2.31. The van der Waals surface area contributed by atoms with Crippen molar-refractivity contribution in [1.82, 2.24) is 9.55 Å². The SMILES string of the molecule is COc1ccc(-c2cc3ncn(CC(O)c4ccc(Cl)cc4)c(=O)c3s2)cc1. The van der Waals surface area contributed by atoms with E-state index in [2.05, 4.69) is 4.98 Å². The molecule has 0 fully saturated rings. The van der Waals surface area contributed by atoms with E-state index in [1.807, 2.05) is 30.3 Å². The second-order valence-electron chi connectivity index (χ2n) is 6.32. The molecule has 5 nitrogen and oxygen atoms in total. The normalized spacial score (nSPS) is 12.2. The average molecular weight is 413 g/mol. The molecule has 0 radical (unpaired) electrons. The lowest BCUT2D eigenvalue weighted by Gasteiger charge is -2.12. The minimum Gasteiger partial charge on any atom is -0.497 e. The molecule has 0 saturated carbocycles. The van der Waals surface area contributed by atoms with Crippen molar-refractivity contribution >= 4 is 33.2 Å². The number of aliphatic hydroxyl groups excluding tert-OH is 1. The van der Waals surface area contributed by atoms with Gasteiger partial charge in [-0.1, -0.05) is 23.7 Å². The molecule has 1 unspecified atom stereocenters. The van der Waals surface area contributed by atoms with Gasteiger partial charge in [-0.15, -0.1) is 11.3 Å². The molecule has 2 heterocycles. The summed E-state index contributed by atoms with van der Waals surface area (Å²) in [5, 5.41) is 11.1. The zero-order valence-electron chi connectivity index (χ0n) is 15.0. The van der Waals surface area contributed by atoms with Crippen LogP contribution in [0.3, 0.4) is 0 Å². The Morgan fingerprint density at radius 3 is 2.57 bits per heavy atom. The van der Waals surface area contributed by atoms with E-state index in [1.165, 1.54) is 22.2 Å². The zero-order chi connectivity index (χ0) is 19.7. The molecule has 0 aliphatic carbocycles. The van der Waals surface area contributed by atoms with Crippen LogP contribution in [0.2, 0.25) is 5.02 Å². The highest BCUT2D eigenvalue weighted by molar-refractivity contribution is 7.22. The number of methoxy groups -OCH3 is 1. The molecule has 7 heteroatoms. The fourth-order valence-electron chi connectivity index (χ4n) is 2.95. The Morgan fingerprint density at radius 2 is 1.89 bits per heavy atom. The van der Waals surface area contributed by atoms with Crippen molar-refractivity contribution in [3.8, 4) is 16.2 Å². The summed E-state index contributed by atoms with van der Waals surface area (Å²) in [6, 6.07) is 16.5. The van der Waals surface area contributed by atoms with Crippen LogP contribution in [0.5, 0.6) is 5.75 Å². The maximum Gasteiger partial charge on any atom is 0.271 e. The lowest BCUT2D eigenvalue weighted by molar-refractivity contribution is 0.155. The van der Waals surface area contributed by atoms with Gasteiger partial charge in [-0.2, -0.15) is 0 Å². The topological polar surface area (TPSA) is 64.3 Å². The molecule has 28 heavy (non-hydrogen) atoms. The quantitative estimate of drug-likeness (QED) is 0.523. The van der Waals surface area contributed by atoms with E-state index in [9.17, 15) is 9.90 Å². The second kappa shape index (κ2) is 7.75. The zero-order valence-corrected chi connectivity index (χ0v) is 16.6. The number of aliphatic hydroxyl groups is 1. The molecular weight excluding hydrogens is 396 g/mol. The Hall–Kier alpha value is -2.67. The lowest BCUT2D eigenvalue weighted by Crippen LogP contribution is -2.23. The number of hydrogen-bond donors (Lipinski definition) is 1. The molecule has 4 rings (SSSR count). The molecule has 0 spiro atoms. The molecule has 2 aromatic heterocycles. The van der Waals surface area contributed by atoms with E-state index < -0.39 is 6.10 Å². The van der Waals surface area contributed by atoms with Crippen molar-refractivity contribution in [2.24, 2.45) is 0 Å². The first-order valence-corrected chi connectivity index (χ1v) is 9.81. The Kier molecular flexibility index (Phi) is 5.17. The third-order valence-electron chi connectivity index (χ3n) is 4.50. The van der Waals surface area contributed by atoms with Crippen molar-refractivity contribution < 1.29 is 9.84 Å². The fourth-order valence-corrected chi connectivity index (χ4v) is 4.14. The molecule has 1 N–H and O–H groups in total. The van der Waals surface area contributed by atoms with Gasteiger partial charge in [0.1, 0.15) is 10.4 Å². The first kappa shape index (κ1) is 18.7. The molecule has 0 bridgehead atoms. The number of benzene rings is 2. The van der Waals surface area contributed by atoms with Gasteiger partial charge in [-0.3, -0.25) is 9.36 Å². The highest BCUT2D eigenvalue weighted by atomic mass is 35.5. The van der Waals surface area contributed by atoms with Crippen molar-refractivity contribution in [2.45, 2.75) is 12.6 Å². The summed E-state index contributed by atoms with van der Waals surface area (Å²) in [7, 11) is 1.62. The van der Waals surface area contributed by atoms with E-state index in [0.717, 1.165) is 16.2 Å². The first-order chi connectivity index (χ1) is 13.5. The van der Waals surface area contributed by atoms with Gasteiger partial charge in [0, 0.05) is 9.90 Å². The third kappa shape index (κ3) is 3.67. The number of rotatable bonds is 5. The first-order valence-electron chi connectivity index (χ1n) is 8.62. The summed E-state index contributed by atoms with van der Waals surface area (Å²) in [5.41, 5.74) is 2.18. The molecule has 4 aromatic rings. The van der Waals surface area contributed by atoms with Crippen molar-refractivity contribution in [2.75, 3.05) is 7.11 Å². The van der Waals surface area contributed by atoms with Crippen LogP contribution in [0.1, 0.15) is 11.7 Å². The molecule has 142 valence electrons. The fraction of sp³-hybridized carbons (Fsp3) is 0.143. The lowest BCUT2D eigenvalue weighted by atomic mass is 10.1. The van der Waals surface area contributed by atoms with Gasteiger partial charge < -0.3 is 9.84 Å². The maximum atomic E-state index is 12.9. The number of aromatic nitrogens is 2. The largest absolute Gasteiger partial charge is 0.497 e. The minimum absolute atomic E-state index is 0.124. The monoisotopic (exact) mass is 412 g/mol. The summed E-state index contributed by atoms with van der Waals surface area (Å²) in [6.45, 7) is 0.124. The molecule has 2 aromatic carbocycles. The van der Waals surface area contributed by atoms with E-state index in [4.69, 9.17) is 16.3 Å². The molecule has 1 atom stereocenters. The van der Waals surface area contributed by atoms with Crippen LogP contribution in [0, 0.1) is 0 Å². The standard InChI is InChI=1S/C21H17ClN2O3S/c1-27-16-8-4-14(5-9-16)19-10-17-20(28-19)21(26)24(12-23-17)11-18(25)13-2-6-15(22)7-3-13/h2-10,12,18,25H,11H2,1H3. The summed E-state index contributed by atoms with van der Waals surface area (Å²) in [5.74, 6) is 0.779. The Labute approximate surface area is 170 Å². The smallest absolute Gasteiger partial charge is 0.271 e. The van der Waals surface area contributed by atoms with Crippen molar-refractivity contribution in [3.05, 3.63) is 81.9 Å². The van der Waals surface area contributed by atoms with Crippen molar-refractivity contribution in [3.63, 3.8) is 0 Å². The Morgan fingerprint density at radius 1 is 1.18 bits per heavy atom. The number of halogens is 1. The van der Waals surface area contributed by atoms with E-state index in [1.54, 1.807) is 31.4 Å². The summed E-state index contributed by atoms with van der Waals surface area (Å²) in [6.07, 6.45) is 0.657. The van der Waals surface area contributed by atoms with Gasteiger partial charge in [0.2, 0.25) is 0 Å². The minimum atomic E-state index is -0.824. The van der Waals surface area contributed by atoms with Crippen LogP contribution in [0.25, 0.3) is 20.7 Å². The second-order valence-corrected chi connectivity index (χ2v) is 7.81. The molecule has 0 aliphatic heterocycles. The molecule has 0 aliphatic rings. The predicted molar refractivity (Wildman–Crippen MR) is 112 cm³/mol. The van der Waals surface area contributed by atoms with Crippen LogP contribution in [0.4, 0.5) is 0 Å². The molecule has 0 amide bonds. The van der Waals surface area contributed by atoms with Crippen LogP contribution < -0.4 is 10.3 Å². The number of nitrogens with zero attached hydrogens (tertiary/aromatic N) is 2. The Balaban J connectivity index is 1.64. The van der Waals surface area contributed by atoms with Gasteiger partial charge >= 0.3 is 0 Å². The Bertz CT molecular complexity index is 1170. The van der Waals surface area contributed by atoms with E-state index in [-0.39, 0.29) is 12.1 Å². The maximum absolute atomic E-state index is 12.9. The summed E-state index contributed by atoms with van der Waals surface area (Å²) in [4.78, 5) is 18.2. The van der Waals surface area contributed by atoms with Gasteiger partial charge in [0.15, 0.2) is 0 Å². The number of hydrogen-bond acceptors (Lipinski definition) is 5. The molecule has 0 saturated heterocycles. The van der Waals surface area contributed by atoms with Gasteiger partial charge in [-0.05, 0) is 53.6 Å². The summed E-state index contributed by atoms with van der Waals surface area (Å²) < 4.78 is 7.19.